The summed E-state index contributed by atoms with van der Waals surface area (Å²) < 4.78 is 2.13. The number of alkyl halides is 1. The summed E-state index contributed by atoms with van der Waals surface area (Å²) in [5.41, 5.74) is 0. The van der Waals surface area contributed by atoms with Crippen LogP contribution in [0.1, 0.15) is 19.3 Å². The summed E-state index contributed by atoms with van der Waals surface area (Å²) >= 11 is 10.7. The van der Waals surface area contributed by atoms with Gasteiger partial charge in [-0.1, -0.05) is 41.3 Å². The zero-order chi connectivity index (χ0) is 10.2. The van der Waals surface area contributed by atoms with E-state index >= 15 is 0 Å². The van der Waals surface area contributed by atoms with Crippen LogP contribution in [0, 0.1) is 0 Å². The van der Waals surface area contributed by atoms with Gasteiger partial charge in [0.1, 0.15) is 0 Å². The molecule has 0 saturated carbocycles. The van der Waals surface area contributed by atoms with Gasteiger partial charge in [-0.3, -0.25) is 0 Å². The molecule has 1 rings (SSSR count). The monoisotopic (exact) mass is 268 g/mol. The first kappa shape index (κ1) is 12.6. The molecule has 0 atom stereocenters. The Morgan fingerprint density at radius 2 is 2.00 bits per heavy atom. The number of aromatic nitrogens is 2. The van der Waals surface area contributed by atoms with E-state index in [1.165, 1.54) is 12.8 Å². The van der Waals surface area contributed by atoms with Gasteiger partial charge in [-0.25, -0.2) is 0 Å². The fourth-order valence-electron chi connectivity index (χ4n) is 0.871. The summed E-state index contributed by atoms with van der Waals surface area (Å²) in [5.74, 6) is 1.90. The average molecular weight is 269 g/mol. The molecule has 14 heavy (non-hydrogen) atoms. The van der Waals surface area contributed by atoms with Gasteiger partial charge in [-0.05, 0) is 19.1 Å². The van der Waals surface area contributed by atoms with Crippen LogP contribution in [0.15, 0.2) is 8.68 Å². The van der Waals surface area contributed by atoms with E-state index in [0.717, 1.165) is 26.7 Å². The first-order chi connectivity index (χ1) is 6.86. The molecule has 0 saturated heterocycles. The van der Waals surface area contributed by atoms with Crippen LogP contribution in [0.3, 0.4) is 0 Å². The van der Waals surface area contributed by atoms with Gasteiger partial charge < -0.3 is 0 Å². The molecular weight excluding hydrogens is 256 g/mol. The third kappa shape index (κ3) is 4.87. The molecule has 0 N–H and O–H groups in total. The van der Waals surface area contributed by atoms with E-state index in [2.05, 4.69) is 10.2 Å². The molecule has 0 radical (unpaired) electrons. The van der Waals surface area contributed by atoms with Crippen molar-refractivity contribution in [2.24, 2.45) is 0 Å². The molecule has 2 nitrogen and oxygen atoms in total. The summed E-state index contributed by atoms with van der Waals surface area (Å²) in [6.07, 6.45) is 5.57. The highest BCUT2D eigenvalue weighted by atomic mass is 35.5. The standard InChI is InChI=1S/C8H13ClN2S3/c1-12-7-10-11-8(14-7)13-6-4-2-3-5-9/h2-6H2,1H3. The van der Waals surface area contributed by atoms with Gasteiger partial charge in [0.25, 0.3) is 0 Å². The second kappa shape index (κ2) is 7.79. The van der Waals surface area contributed by atoms with E-state index in [9.17, 15) is 0 Å². The highest BCUT2D eigenvalue weighted by Crippen LogP contribution is 2.27. The van der Waals surface area contributed by atoms with E-state index in [4.69, 9.17) is 11.6 Å². The van der Waals surface area contributed by atoms with E-state index < -0.39 is 0 Å². The van der Waals surface area contributed by atoms with Crippen LogP contribution in [0.4, 0.5) is 0 Å². The molecule has 0 aliphatic heterocycles. The molecule has 1 aromatic heterocycles. The number of rotatable bonds is 7. The minimum absolute atomic E-state index is 0.778. The SMILES string of the molecule is CSc1nnc(SCCCCCCl)s1. The van der Waals surface area contributed by atoms with Crippen LogP contribution in [-0.2, 0) is 0 Å². The molecule has 0 spiro atoms. The number of thioether (sulfide) groups is 2. The van der Waals surface area contributed by atoms with Crippen molar-refractivity contribution in [2.45, 2.75) is 27.9 Å². The Kier molecular flexibility index (Phi) is 7.02. The van der Waals surface area contributed by atoms with E-state index in [0.29, 0.717) is 0 Å². The van der Waals surface area contributed by atoms with Crippen molar-refractivity contribution >= 4 is 46.5 Å². The number of hydrogen-bond donors (Lipinski definition) is 0. The largest absolute Gasteiger partial charge is 0.175 e. The van der Waals surface area contributed by atoms with E-state index in [-0.39, 0.29) is 0 Å². The van der Waals surface area contributed by atoms with Crippen LogP contribution in [0.2, 0.25) is 0 Å². The lowest BCUT2D eigenvalue weighted by Crippen LogP contribution is -1.82. The summed E-state index contributed by atoms with van der Waals surface area (Å²) in [6.45, 7) is 0. The summed E-state index contributed by atoms with van der Waals surface area (Å²) in [4.78, 5) is 0. The molecule has 1 aromatic rings. The van der Waals surface area contributed by atoms with Crippen LogP contribution in [0.5, 0.6) is 0 Å². The molecule has 6 heteroatoms. The minimum atomic E-state index is 0.778. The Morgan fingerprint density at radius 3 is 2.64 bits per heavy atom. The first-order valence-electron chi connectivity index (χ1n) is 4.43. The van der Waals surface area contributed by atoms with Crippen LogP contribution < -0.4 is 0 Å². The van der Waals surface area contributed by atoms with E-state index in [1.807, 2.05) is 6.26 Å². The third-order valence-electron chi connectivity index (χ3n) is 1.57. The lowest BCUT2D eigenvalue weighted by Gasteiger charge is -1.95. The van der Waals surface area contributed by atoms with Gasteiger partial charge in [0, 0.05) is 11.6 Å². The Morgan fingerprint density at radius 1 is 1.21 bits per heavy atom. The molecule has 0 unspecified atom stereocenters. The molecule has 0 bridgehead atoms. The molecular formula is C8H13ClN2S3. The fraction of sp³-hybridized carbons (Fsp3) is 0.750. The molecule has 0 amide bonds. The number of nitrogens with zero attached hydrogens (tertiary/aromatic N) is 2. The van der Waals surface area contributed by atoms with Crippen molar-refractivity contribution < 1.29 is 0 Å². The maximum Gasteiger partial charge on any atom is 0.175 e. The minimum Gasteiger partial charge on any atom is -0.131 e. The lowest BCUT2D eigenvalue weighted by atomic mass is 10.3. The van der Waals surface area contributed by atoms with Gasteiger partial charge in [0.15, 0.2) is 8.68 Å². The second-order valence-corrected chi connectivity index (χ2v) is 6.39. The normalized spacial score (nSPS) is 10.7. The predicted octanol–water partition coefficient (Wildman–Crippen LogP) is 3.76. The Balaban J connectivity index is 2.12. The van der Waals surface area contributed by atoms with Crippen molar-refractivity contribution in [3.05, 3.63) is 0 Å². The van der Waals surface area contributed by atoms with Crippen molar-refractivity contribution in [1.82, 2.24) is 10.2 Å². The van der Waals surface area contributed by atoms with Gasteiger partial charge in [0.2, 0.25) is 0 Å². The zero-order valence-corrected chi connectivity index (χ0v) is 11.2. The first-order valence-corrected chi connectivity index (χ1v) is 7.99. The number of hydrogen-bond acceptors (Lipinski definition) is 5. The molecule has 0 fully saturated rings. The van der Waals surface area contributed by atoms with Gasteiger partial charge >= 0.3 is 0 Å². The Hall–Kier alpha value is 0.550. The topological polar surface area (TPSA) is 25.8 Å². The highest BCUT2D eigenvalue weighted by Gasteiger charge is 2.02. The van der Waals surface area contributed by atoms with Gasteiger partial charge in [-0.15, -0.1) is 21.8 Å². The summed E-state index contributed by atoms with van der Waals surface area (Å²) in [7, 11) is 0. The van der Waals surface area contributed by atoms with Crippen LogP contribution in [0.25, 0.3) is 0 Å². The fourth-order valence-corrected chi connectivity index (χ4v) is 3.57. The van der Waals surface area contributed by atoms with Crippen molar-refractivity contribution in [2.75, 3.05) is 17.9 Å². The second-order valence-electron chi connectivity index (χ2n) is 2.64. The van der Waals surface area contributed by atoms with Gasteiger partial charge in [0.05, 0.1) is 0 Å². The highest BCUT2D eigenvalue weighted by molar-refractivity contribution is 8.02. The van der Waals surface area contributed by atoms with Crippen molar-refractivity contribution in [1.29, 1.82) is 0 Å². The zero-order valence-electron chi connectivity index (χ0n) is 8.03. The number of halogens is 1. The number of unbranched alkanes of at least 4 members (excludes halogenated alkanes) is 2. The lowest BCUT2D eigenvalue weighted by molar-refractivity contribution is 0.782. The Bertz CT molecular complexity index is 254. The molecule has 0 aromatic carbocycles. The quantitative estimate of drug-likeness (QED) is 0.427. The average Bonchev–Trinajstić information content (AvgIpc) is 2.65. The van der Waals surface area contributed by atoms with Crippen molar-refractivity contribution in [3.63, 3.8) is 0 Å². The maximum absolute atomic E-state index is 5.59. The van der Waals surface area contributed by atoms with Crippen molar-refractivity contribution in [3.8, 4) is 0 Å². The van der Waals surface area contributed by atoms with Gasteiger partial charge in [-0.2, -0.15) is 0 Å². The smallest absolute Gasteiger partial charge is 0.131 e. The summed E-state index contributed by atoms with van der Waals surface area (Å²) in [6, 6.07) is 0. The molecule has 0 aliphatic carbocycles. The van der Waals surface area contributed by atoms with E-state index in [1.54, 1.807) is 34.9 Å². The molecule has 1 heterocycles. The Labute approximate surface area is 102 Å². The molecule has 80 valence electrons. The third-order valence-corrected chi connectivity index (χ3v) is 4.95. The maximum atomic E-state index is 5.59. The molecule has 0 aliphatic rings. The van der Waals surface area contributed by atoms with Crippen LogP contribution in [-0.4, -0.2) is 28.1 Å². The summed E-state index contributed by atoms with van der Waals surface area (Å²) in [5, 5.41) is 8.13. The van der Waals surface area contributed by atoms with Crippen LogP contribution >= 0.6 is 46.5 Å². The predicted molar refractivity (Wildman–Crippen MR) is 67.0 cm³/mol.